The Balaban J connectivity index is 1.46. The number of carbonyl (C=O) groups is 2. The average Bonchev–Trinajstić information content (AvgIpc) is 3.03. The molecule has 6 heteroatoms. The maximum absolute atomic E-state index is 12.5. The van der Waals surface area contributed by atoms with Crippen molar-refractivity contribution in [3.05, 3.63) is 99.2 Å². The van der Waals surface area contributed by atoms with E-state index in [2.05, 4.69) is 0 Å². The molecule has 0 radical (unpaired) electrons. The van der Waals surface area contributed by atoms with Gasteiger partial charge in [0, 0.05) is 21.7 Å². The van der Waals surface area contributed by atoms with E-state index in [1.807, 2.05) is 0 Å². The molecular formula is C23H14Cl2O4. The SMILES string of the molecule is O=C(COc1ccc2c(c1)O/C(=C\c1ccc(Cl)cc1)C2=O)c1ccc(Cl)cc1. The van der Waals surface area contributed by atoms with Crippen LogP contribution in [0.25, 0.3) is 6.08 Å². The van der Waals surface area contributed by atoms with Crippen LogP contribution in [0.15, 0.2) is 72.5 Å². The summed E-state index contributed by atoms with van der Waals surface area (Å²) in [7, 11) is 0. The minimum atomic E-state index is -0.209. The lowest BCUT2D eigenvalue weighted by atomic mass is 10.1. The second kappa shape index (κ2) is 8.11. The van der Waals surface area contributed by atoms with Crippen molar-refractivity contribution in [2.75, 3.05) is 6.61 Å². The van der Waals surface area contributed by atoms with Gasteiger partial charge in [-0.1, -0.05) is 35.3 Å². The Kier molecular flexibility index (Phi) is 5.38. The summed E-state index contributed by atoms with van der Waals surface area (Å²) in [5.41, 5.74) is 1.76. The zero-order valence-corrected chi connectivity index (χ0v) is 16.5. The number of benzene rings is 3. The number of halogens is 2. The first-order chi connectivity index (χ1) is 14.0. The second-order valence-corrected chi connectivity index (χ2v) is 7.24. The number of allylic oxidation sites excluding steroid dienone is 1. The first kappa shape index (κ1) is 19.2. The lowest BCUT2D eigenvalue weighted by Crippen LogP contribution is -2.11. The average molecular weight is 425 g/mol. The highest BCUT2D eigenvalue weighted by atomic mass is 35.5. The second-order valence-electron chi connectivity index (χ2n) is 6.37. The number of hydrogen-bond acceptors (Lipinski definition) is 4. The minimum absolute atomic E-state index is 0.137. The number of hydrogen-bond donors (Lipinski definition) is 0. The van der Waals surface area contributed by atoms with E-state index < -0.39 is 0 Å². The van der Waals surface area contributed by atoms with E-state index in [-0.39, 0.29) is 23.9 Å². The van der Waals surface area contributed by atoms with Gasteiger partial charge in [0.15, 0.2) is 18.1 Å². The van der Waals surface area contributed by atoms with Crippen molar-refractivity contribution in [3.8, 4) is 11.5 Å². The molecule has 0 atom stereocenters. The highest BCUT2D eigenvalue weighted by Crippen LogP contribution is 2.35. The van der Waals surface area contributed by atoms with E-state index >= 15 is 0 Å². The molecule has 1 aliphatic heterocycles. The predicted octanol–water partition coefficient (Wildman–Crippen LogP) is 5.87. The van der Waals surface area contributed by atoms with E-state index in [0.717, 1.165) is 5.56 Å². The third-order valence-corrected chi connectivity index (χ3v) is 4.85. The summed E-state index contributed by atoms with van der Waals surface area (Å²) in [5, 5.41) is 1.18. The highest BCUT2D eigenvalue weighted by Gasteiger charge is 2.27. The highest BCUT2D eigenvalue weighted by molar-refractivity contribution is 6.31. The molecule has 3 aromatic carbocycles. The Labute approximate surface area is 177 Å². The van der Waals surface area contributed by atoms with Crippen molar-refractivity contribution < 1.29 is 19.1 Å². The van der Waals surface area contributed by atoms with Crippen molar-refractivity contribution in [2.24, 2.45) is 0 Å². The number of ketones is 2. The molecule has 3 aromatic rings. The van der Waals surface area contributed by atoms with E-state index in [1.165, 1.54) is 0 Å². The van der Waals surface area contributed by atoms with E-state index in [9.17, 15) is 9.59 Å². The van der Waals surface area contributed by atoms with Crippen LogP contribution < -0.4 is 9.47 Å². The van der Waals surface area contributed by atoms with Gasteiger partial charge in [-0.15, -0.1) is 0 Å². The quantitative estimate of drug-likeness (QED) is 0.379. The van der Waals surface area contributed by atoms with Gasteiger partial charge in [0.1, 0.15) is 11.5 Å². The molecule has 0 saturated carbocycles. The molecule has 1 heterocycles. The fraction of sp³-hybridized carbons (Fsp3) is 0.0435. The molecule has 0 spiro atoms. The van der Waals surface area contributed by atoms with Crippen LogP contribution in [-0.2, 0) is 0 Å². The van der Waals surface area contributed by atoms with Crippen LogP contribution >= 0.6 is 23.2 Å². The van der Waals surface area contributed by atoms with Crippen LogP contribution in [0.5, 0.6) is 11.5 Å². The lowest BCUT2D eigenvalue weighted by molar-refractivity contribution is 0.0921. The molecule has 0 fully saturated rings. The number of ether oxygens (including phenoxy) is 2. The molecule has 0 bridgehead atoms. The largest absolute Gasteiger partial charge is 0.485 e. The smallest absolute Gasteiger partial charge is 0.231 e. The Hall–Kier alpha value is -3.08. The van der Waals surface area contributed by atoms with E-state index in [0.29, 0.717) is 32.7 Å². The topological polar surface area (TPSA) is 52.6 Å². The minimum Gasteiger partial charge on any atom is -0.485 e. The maximum Gasteiger partial charge on any atom is 0.231 e. The van der Waals surface area contributed by atoms with Gasteiger partial charge in [-0.05, 0) is 60.2 Å². The molecule has 0 unspecified atom stereocenters. The zero-order chi connectivity index (χ0) is 20.4. The summed E-state index contributed by atoms with van der Waals surface area (Å²) >= 11 is 11.7. The predicted molar refractivity (Wildman–Crippen MR) is 112 cm³/mol. The van der Waals surface area contributed by atoms with Crippen molar-refractivity contribution in [3.63, 3.8) is 0 Å². The summed E-state index contributed by atoms with van der Waals surface area (Å²) < 4.78 is 11.3. The van der Waals surface area contributed by atoms with Gasteiger partial charge >= 0.3 is 0 Å². The van der Waals surface area contributed by atoms with Crippen LogP contribution in [0.1, 0.15) is 26.3 Å². The van der Waals surface area contributed by atoms with Crippen molar-refractivity contribution in [1.82, 2.24) is 0 Å². The third kappa shape index (κ3) is 4.34. The van der Waals surface area contributed by atoms with Gasteiger partial charge in [-0.2, -0.15) is 0 Å². The number of rotatable bonds is 5. The number of fused-ring (bicyclic) bond motifs is 1. The van der Waals surface area contributed by atoms with Crippen molar-refractivity contribution in [1.29, 1.82) is 0 Å². The molecule has 0 aliphatic carbocycles. The molecule has 0 aromatic heterocycles. The summed E-state index contributed by atoms with van der Waals surface area (Å²) in [6.45, 7) is -0.137. The normalized spacial score (nSPS) is 13.9. The number of carbonyl (C=O) groups excluding carboxylic acids is 2. The Morgan fingerprint density at radius 1 is 0.931 bits per heavy atom. The van der Waals surface area contributed by atoms with Gasteiger partial charge < -0.3 is 9.47 Å². The van der Waals surface area contributed by atoms with E-state index in [1.54, 1.807) is 72.8 Å². The van der Waals surface area contributed by atoms with Crippen LogP contribution in [0.4, 0.5) is 0 Å². The first-order valence-corrected chi connectivity index (χ1v) is 9.50. The van der Waals surface area contributed by atoms with Gasteiger partial charge in [0.25, 0.3) is 0 Å². The van der Waals surface area contributed by atoms with Crippen LogP contribution in [0, 0.1) is 0 Å². The summed E-state index contributed by atoms with van der Waals surface area (Å²) in [4.78, 5) is 24.8. The first-order valence-electron chi connectivity index (χ1n) is 8.75. The van der Waals surface area contributed by atoms with Crippen LogP contribution in [0.3, 0.4) is 0 Å². The number of Topliss-reactive ketones (excluding diaryl/α,β-unsaturated/α-hetero) is 2. The van der Waals surface area contributed by atoms with Gasteiger partial charge in [0.05, 0.1) is 5.56 Å². The third-order valence-electron chi connectivity index (χ3n) is 4.35. The van der Waals surface area contributed by atoms with Crippen molar-refractivity contribution >= 4 is 40.8 Å². The van der Waals surface area contributed by atoms with Gasteiger partial charge in [-0.25, -0.2) is 0 Å². The fourth-order valence-electron chi connectivity index (χ4n) is 2.84. The molecule has 1 aliphatic rings. The molecular weight excluding hydrogens is 411 g/mol. The maximum atomic E-state index is 12.5. The molecule has 144 valence electrons. The summed E-state index contributed by atoms with van der Waals surface area (Å²) in [6.07, 6.45) is 1.66. The molecule has 0 N–H and O–H groups in total. The Bertz CT molecular complexity index is 1120. The zero-order valence-electron chi connectivity index (χ0n) is 15.0. The van der Waals surface area contributed by atoms with Crippen LogP contribution in [0.2, 0.25) is 10.0 Å². The van der Waals surface area contributed by atoms with Crippen LogP contribution in [-0.4, -0.2) is 18.2 Å². The molecule has 4 nitrogen and oxygen atoms in total. The Morgan fingerprint density at radius 2 is 1.59 bits per heavy atom. The molecule has 29 heavy (non-hydrogen) atoms. The van der Waals surface area contributed by atoms with Gasteiger partial charge in [-0.3, -0.25) is 9.59 Å². The lowest BCUT2D eigenvalue weighted by Gasteiger charge is -2.07. The fourth-order valence-corrected chi connectivity index (χ4v) is 3.09. The van der Waals surface area contributed by atoms with E-state index in [4.69, 9.17) is 32.7 Å². The standard InChI is InChI=1S/C23H14Cl2O4/c24-16-5-1-14(2-6-16)11-22-23(27)19-10-9-18(12-21(19)29-22)28-13-20(26)15-3-7-17(25)8-4-15/h1-12H,13H2/b22-11-. The molecule has 4 rings (SSSR count). The Morgan fingerprint density at radius 3 is 2.28 bits per heavy atom. The van der Waals surface area contributed by atoms with Crippen molar-refractivity contribution in [2.45, 2.75) is 0 Å². The summed E-state index contributed by atoms with van der Waals surface area (Å²) in [5.74, 6) is 0.663. The molecule has 0 amide bonds. The summed E-state index contributed by atoms with van der Waals surface area (Å²) in [6, 6.07) is 18.5. The monoisotopic (exact) mass is 424 g/mol. The molecule has 0 saturated heterocycles. The van der Waals surface area contributed by atoms with Gasteiger partial charge in [0.2, 0.25) is 5.78 Å².